The van der Waals surface area contributed by atoms with Gasteiger partial charge < -0.3 is 24.1 Å². The number of nitriles is 1. The molecule has 0 radical (unpaired) electrons. The maximum atomic E-state index is 12.2. The summed E-state index contributed by atoms with van der Waals surface area (Å²) in [5.41, 5.74) is -2.26. The van der Waals surface area contributed by atoms with Crippen LogP contribution < -0.4 is 5.32 Å². The first-order chi connectivity index (χ1) is 16.4. The van der Waals surface area contributed by atoms with Crippen molar-refractivity contribution in [3.05, 3.63) is 24.2 Å². The lowest BCUT2D eigenvalue weighted by Gasteiger charge is -2.24. The van der Waals surface area contributed by atoms with Crippen molar-refractivity contribution in [2.45, 2.75) is 65.0 Å². The van der Waals surface area contributed by atoms with Gasteiger partial charge in [-0.15, -0.1) is 0 Å². The summed E-state index contributed by atoms with van der Waals surface area (Å²) in [5.74, 6) is -1.06. The smallest absolute Gasteiger partial charge is 0.415 e. The molecular weight excluding hydrogens is 462 g/mol. The molecule has 2 aromatic heterocycles. The highest BCUT2D eigenvalue weighted by atomic mass is 16.7. The van der Waals surface area contributed by atoms with Crippen LogP contribution in [0, 0.1) is 16.7 Å². The molecule has 1 fully saturated rings. The Balaban J connectivity index is 1.82. The lowest BCUT2D eigenvalue weighted by atomic mass is 9.92. The predicted molar refractivity (Wildman–Crippen MR) is 118 cm³/mol. The van der Waals surface area contributed by atoms with Gasteiger partial charge in [0.1, 0.15) is 24.0 Å². The quantitative estimate of drug-likeness (QED) is 0.446. The van der Waals surface area contributed by atoms with Gasteiger partial charge in [0.25, 0.3) is 0 Å². The Bertz CT molecular complexity index is 1170. The van der Waals surface area contributed by atoms with E-state index in [4.69, 9.17) is 18.9 Å². The second-order valence-corrected chi connectivity index (χ2v) is 8.90. The molecule has 0 aromatic carbocycles. The van der Waals surface area contributed by atoms with Crippen LogP contribution in [-0.4, -0.2) is 62.8 Å². The molecule has 35 heavy (non-hydrogen) atoms. The number of hydrogen-bond acceptors (Lipinski definition) is 11. The number of aliphatic hydroxyl groups excluding tert-OH is 1. The summed E-state index contributed by atoms with van der Waals surface area (Å²) in [7, 11) is 0. The minimum atomic E-state index is -1.90. The van der Waals surface area contributed by atoms with Gasteiger partial charge in [-0.3, -0.25) is 14.9 Å². The largest absolute Gasteiger partial charge is 0.457 e. The molecule has 1 aliphatic heterocycles. The first-order valence-electron chi connectivity index (χ1n) is 10.9. The SMILES string of the molecule is CCC(=O)O[C@H]1[C@@H](O)[C@](C#N)(c2ccc3c(NC(=O)OCOC(=O)C(C)(C)C)ncnn23)O[C@@H]1C. The molecule has 4 atom stereocenters. The molecule has 0 spiro atoms. The number of rotatable bonds is 6. The van der Waals surface area contributed by atoms with E-state index in [9.17, 15) is 24.8 Å². The second-order valence-electron chi connectivity index (χ2n) is 8.90. The average Bonchev–Trinajstić information content (AvgIpc) is 3.34. The van der Waals surface area contributed by atoms with E-state index in [0.717, 1.165) is 6.33 Å². The zero-order valence-corrected chi connectivity index (χ0v) is 20.0. The van der Waals surface area contributed by atoms with Gasteiger partial charge >= 0.3 is 18.0 Å². The molecule has 0 saturated carbocycles. The van der Waals surface area contributed by atoms with Crippen molar-refractivity contribution in [1.82, 2.24) is 14.6 Å². The number of ether oxygens (including phenoxy) is 4. The molecule has 3 heterocycles. The van der Waals surface area contributed by atoms with Crippen LogP contribution in [0.1, 0.15) is 46.7 Å². The third-order valence-corrected chi connectivity index (χ3v) is 5.33. The number of fused-ring (bicyclic) bond motifs is 1. The molecule has 2 aromatic rings. The molecule has 13 nitrogen and oxygen atoms in total. The van der Waals surface area contributed by atoms with E-state index in [1.165, 1.54) is 16.6 Å². The van der Waals surface area contributed by atoms with Gasteiger partial charge in [0.05, 0.1) is 17.2 Å². The third-order valence-electron chi connectivity index (χ3n) is 5.33. The summed E-state index contributed by atoms with van der Waals surface area (Å²) < 4.78 is 22.1. The normalized spacial score (nSPS) is 24.0. The number of carbonyl (C=O) groups excluding carboxylic acids is 3. The first-order valence-corrected chi connectivity index (χ1v) is 10.9. The van der Waals surface area contributed by atoms with E-state index in [2.05, 4.69) is 15.4 Å². The Hall–Kier alpha value is -3.76. The lowest BCUT2D eigenvalue weighted by Crippen LogP contribution is -2.42. The van der Waals surface area contributed by atoms with Crippen LogP contribution >= 0.6 is 0 Å². The third kappa shape index (κ3) is 5.03. The van der Waals surface area contributed by atoms with E-state index in [1.54, 1.807) is 34.6 Å². The molecule has 3 rings (SSSR count). The van der Waals surface area contributed by atoms with Crippen molar-refractivity contribution in [1.29, 1.82) is 5.26 Å². The highest BCUT2D eigenvalue weighted by molar-refractivity contribution is 5.88. The topological polar surface area (TPSA) is 174 Å². The zero-order chi connectivity index (χ0) is 26.0. The molecule has 1 aliphatic rings. The molecule has 13 heteroatoms. The molecule has 188 valence electrons. The standard InChI is InChI=1S/C22H27N5O8/c1-6-15(28)34-16-12(2)35-22(9-23,17(16)29)14-8-7-13-18(24-10-25-27(13)14)26-20(31)33-11-32-19(30)21(3,4)5/h7-8,10,12,16-17,29H,6,11H2,1-5H3,(H,24,25,26,31)/t12-,16-,17-,22+/m1/s1. The van der Waals surface area contributed by atoms with Crippen molar-refractivity contribution in [3.63, 3.8) is 0 Å². The molecule has 1 amide bonds. The van der Waals surface area contributed by atoms with E-state index in [0.29, 0.717) is 0 Å². The first kappa shape index (κ1) is 25.9. The second kappa shape index (κ2) is 9.85. The Labute approximate surface area is 200 Å². The maximum absolute atomic E-state index is 12.2. The van der Waals surface area contributed by atoms with Gasteiger partial charge in [-0.1, -0.05) is 6.92 Å². The Morgan fingerprint density at radius 3 is 2.66 bits per heavy atom. The van der Waals surface area contributed by atoms with Crippen molar-refractivity contribution in [2.24, 2.45) is 5.41 Å². The van der Waals surface area contributed by atoms with Gasteiger partial charge in [0.2, 0.25) is 12.4 Å². The van der Waals surface area contributed by atoms with Crippen LogP contribution in [0.5, 0.6) is 0 Å². The molecule has 0 bridgehead atoms. The minimum Gasteiger partial charge on any atom is -0.457 e. The van der Waals surface area contributed by atoms with Gasteiger partial charge in [-0.25, -0.2) is 14.3 Å². The van der Waals surface area contributed by atoms with Crippen molar-refractivity contribution in [3.8, 4) is 6.07 Å². The molecule has 0 aliphatic carbocycles. The van der Waals surface area contributed by atoms with Crippen molar-refractivity contribution in [2.75, 3.05) is 12.1 Å². The van der Waals surface area contributed by atoms with Crippen LogP contribution in [0.4, 0.5) is 10.6 Å². The van der Waals surface area contributed by atoms with Gasteiger partial charge in [-0.05, 0) is 39.8 Å². The van der Waals surface area contributed by atoms with E-state index >= 15 is 0 Å². The van der Waals surface area contributed by atoms with Crippen molar-refractivity contribution < 1.29 is 38.4 Å². The maximum Gasteiger partial charge on any atom is 0.415 e. The zero-order valence-electron chi connectivity index (χ0n) is 20.0. The number of esters is 2. The summed E-state index contributed by atoms with van der Waals surface area (Å²) in [6.07, 6.45) is -3.09. The molecular formula is C22H27N5O8. The Morgan fingerprint density at radius 1 is 1.31 bits per heavy atom. The van der Waals surface area contributed by atoms with Gasteiger partial charge in [0.15, 0.2) is 11.9 Å². The minimum absolute atomic E-state index is 0.0287. The van der Waals surface area contributed by atoms with Crippen molar-refractivity contribution >= 4 is 29.4 Å². The average molecular weight is 489 g/mol. The number of aromatic nitrogens is 3. The van der Waals surface area contributed by atoms with E-state index < -0.39 is 54.2 Å². The molecule has 1 saturated heterocycles. The Kier molecular flexibility index (Phi) is 7.27. The number of amides is 1. The number of carbonyl (C=O) groups is 3. The number of aliphatic hydroxyl groups is 1. The summed E-state index contributed by atoms with van der Waals surface area (Å²) in [6, 6.07) is 4.97. The fraction of sp³-hybridized carbons (Fsp3) is 0.545. The molecule has 2 N–H and O–H groups in total. The van der Waals surface area contributed by atoms with Crippen LogP contribution in [0.25, 0.3) is 5.52 Å². The fourth-order valence-electron chi connectivity index (χ4n) is 3.47. The highest BCUT2D eigenvalue weighted by Gasteiger charge is 2.58. The van der Waals surface area contributed by atoms with Crippen LogP contribution in [-0.2, 0) is 34.1 Å². The van der Waals surface area contributed by atoms with Crippen LogP contribution in [0.2, 0.25) is 0 Å². The summed E-state index contributed by atoms with van der Waals surface area (Å²) in [5, 5.41) is 27.5. The van der Waals surface area contributed by atoms with Gasteiger partial charge in [0, 0.05) is 6.42 Å². The summed E-state index contributed by atoms with van der Waals surface area (Å²) >= 11 is 0. The highest BCUT2D eigenvalue weighted by Crippen LogP contribution is 2.41. The summed E-state index contributed by atoms with van der Waals surface area (Å²) in [4.78, 5) is 39.7. The fourth-order valence-corrected chi connectivity index (χ4v) is 3.47. The lowest BCUT2D eigenvalue weighted by molar-refractivity contribution is -0.161. The number of nitrogens with one attached hydrogen (secondary N) is 1. The summed E-state index contributed by atoms with van der Waals surface area (Å²) in [6.45, 7) is 7.57. The Morgan fingerprint density at radius 2 is 2.03 bits per heavy atom. The monoisotopic (exact) mass is 489 g/mol. The van der Waals surface area contributed by atoms with Gasteiger partial charge in [-0.2, -0.15) is 10.4 Å². The van der Waals surface area contributed by atoms with Crippen LogP contribution in [0.15, 0.2) is 18.5 Å². The molecule has 0 unspecified atom stereocenters. The van der Waals surface area contributed by atoms with Crippen LogP contribution in [0.3, 0.4) is 0 Å². The van der Waals surface area contributed by atoms with E-state index in [-0.39, 0.29) is 23.4 Å². The number of anilines is 1. The number of hydrogen-bond donors (Lipinski definition) is 2. The predicted octanol–water partition coefficient (Wildman–Crippen LogP) is 1.64. The van der Waals surface area contributed by atoms with E-state index in [1.807, 2.05) is 6.07 Å². The number of nitrogens with zero attached hydrogens (tertiary/aromatic N) is 4.